The van der Waals surface area contributed by atoms with E-state index < -0.39 is 0 Å². The Labute approximate surface area is 94.7 Å². The van der Waals surface area contributed by atoms with Gasteiger partial charge >= 0.3 is 5.97 Å². The van der Waals surface area contributed by atoms with Crippen LogP contribution in [0.2, 0.25) is 0 Å². The summed E-state index contributed by atoms with van der Waals surface area (Å²) in [4.78, 5) is 11.3. The van der Waals surface area contributed by atoms with E-state index in [1.807, 2.05) is 31.2 Å². The summed E-state index contributed by atoms with van der Waals surface area (Å²) in [5, 5.41) is 0. The average Bonchev–Trinajstić information content (AvgIpc) is 2.29. The number of methoxy groups -OCH3 is 1. The molecule has 0 bridgehead atoms. The van der Waals surface area contributed by atoms with E-state index in [2.05, 4.69) is 4.74 Å². The number of rotatable bonds is 2. The van der Waals surface area contributed by atoms with Gasteiger partial charge in [-0.15, -0.1) is 0 Å². The Morgan fingerprint density at radius 2 is 2.31 bits per heavy atom. The maximum atomic E-state index is 11.3. The molecule has 0 unspecified atom stereocenters. The second-order valence-electron chi connectivity index (χ2n) is 3.74. The van der Waals surface area contributed by atoms with Crippen LogP contribution in [-0.2, 0) is 16.0 Å². The molecule has 16 heavy (non-hydrogen) atoms. The summed E-state index contributed by atoms with van der Waals surface area (Å²) in [6.45, 7) is 2.63. The molecular formula is C13H14O3. The summed E-state index contributed by atoms with van der Waals surface area (Å²) in [5.41, 5.74) is 3.14. The van der Waals surface area contributed by atoms with Gasteiger partial charge in [-0.3, -0.25) is 4.79 Å². The molecule has 0 spiro atoms. The van der Waals surface area contributed by atoms with Gasteiger partial charge in [0.15, 0.2) is 0 Å². The predicted octanol–water partition coefficient (Wildman–Crippen LogP) is 2.20. The first-order valence-corrected chi connectivity index (χ1v) is 5.21. The fourth-order valence-electron chi connectivity index (χ4n) is 1.88. The van der Waals surface area contributed by atoms with Crippen molar-refractivity contribution in [3.8, 4) is 5.75 Å². The van der Waals surface area contributed by atoms with Crippen molar-refractivity contribution in [2.45, 2.75) is 13.3 Å². The van der Waals surface area contributed by atoms with Gasteiger partial charge in [0.25, 0.3) is 0 Å². The molecule has 2 rings (SSSR count). The van der Waals surface area contributed by atoms with E-state index in [4.69, 9.17) is 4.74 Å². The molecule has 1 aromatic rings. The van der Waals surface area contributed by atoms with Crippen LogP contribution in [0.15, 0.2) is 24.3 Å². The molecule has 0 amide bonds. The average molecular weight is 218 g/mol. The monoisotopic (exact) mass is 218 g/mol. The van der Waals surface area contributed by atoms with Crippen molar-refractivity contribution in [1.29, 1.82) is 0 Å². The summed E-state index contributed by atoms with van der Waals surface area (Å²) in [7, 11) is 1.40. The van der Waals surface area contributed by atoms with Gasteiger partial charge in [-0.2, -0.15) is 0 Å². The van der Waals surface area contributed by atoms with Crippen LogP contribution in [0.3, 0.4) is 0 Å². The summed E-state index contributed by atoms with van der Waals surface area (Å²) >= 11 is 0. The van der Waals surface area contributed by atoms with Crippen molar-refractivity contribution in [1.82, 2.24) is 0 Å². The zero-order valence-electron chi connectivity index (χ0n) is 9.45. The molecule has 0 aromatic heterocycles. The summed E-state index contributed by atoms with van der Waals surface area (Å²) < 4.78 is 10.2. The van der Waals surface area contributed by atoms with E-state index in [0.717, 1.165) is 22.4 Å². The quantitative estimate of drug-likeness (QED) is 0.714. The highest BCUT2D eigenvalue weighted by Gasteiger charge is 2.16. The van der Waals surface area contributed by atoms with Gasteiger partial charge in [-0.25, -0.2) is 0 Å². The molecular weight excluding hydrogens is 204 g/mol. The number of hydrogen-bond donors (Lipinski definition) is 0. The molecule has 0 N–H and O–H groups in total. The van der Waals surface area contributed by atoms with Crippen molar-refractivity contribution in [3.05, 3.63) is 35.4 Å². The minimum Gasteiger partial charge on any atom is -0.489 e. The molecule has 1 aliphatic rings. The van der Waals surface area contributed by atoms with E-state index in [1.54, 1.807) is 0 Å². The maximum Gasteiger partial charge on any atom is 0.310 e. The molecule has 3 nitrogen and oxygen atoms in total. The van der Waals surface area contributed by atoms with Crippen LogP contribution in [0.5, 0.6) is 5.75 Å². The van der Waals surface area contributed by atoms with Gasteiger partial charge in [0, 0.05) is 5.56 Å². The highest BCUT2D eigenvalue weighted by Crippen LogP contribution is 2.32. The smallest absolute Gasteiger partial charge is 0.310 e. The normalized spacial score (nSPS) is 13.5. The maximum absolute atomic E-state index is 11.3. The van der Waals surface area contributed by atoms with Gasteiger partial charge in [0.05, 0.1) is 13.5 Å². The van der Waals surface area contributed by atoms with Gasteiger partial charge in [0.1, 0.15) is 12.4 Å². The first-order valence-electron chi connectivity index (χ1n) is 5.21. The van der Waals surface area contributed by atoms with Crippen LogP contribution in [0.25, 0.3) is 5.57 Å². The lowest BCUT2D eigenvalue weighted by atomic mass is 9.96. The molecule has 0 radical (unpaired) electrons. The van der Waals surface area contributed by atoms with Crippen molar-refractivity contribution in [2.24, 2.45) is 0 Å². The minimum absolute atomic E-state index is 0.230. The second-order valence-corrected chi connectivity index (χ2v) is 3.74. The number of hydrogen-bond acceptors (Lipinski definition) is 3. The van der Waals surface area contributed by atoms with Crippen LogP contribution in [0.1, 0.15) is 18.1 Å². The Kier molecular flexibility index (Phi) is 2.95. The molecule has 0 atom stereocenters. The summed E-state index contributed by atoms with van der Waals surface area (Å²) in [6.07, 6.45) is 2.30. The first-order chi connectivity index (χ1) is 7.72. The largest absolute Gasteiger partial charge is 0.489 e. The number of benzene rings is 1. The van der Waals surface area contributed by atoms with Crippen molar-refractivity contribution in [2.75, 3.05) is 13.7 Å². The molecule has 84 valence electrons. The highest BCUT2D eigenvalue weighted by molar-refractivity contribution is 5.79. The molecule has 1 aliphatic heterocycles. The summed E-state index contributed by atoms with van der Waals surface area (Å²) in [6, 6.07) is 5.75. The topological polar surface area (TPSA) is 35.5 Å². The van der Waals surface area contributed by atoms with Gasteiger partial charge < -0.3 is 9.47 Å². The fraction of sp³-hybridized carbons (Fsp3) is 0.308. The van der Waals surface area contributed by atoms with Crippen molar-refractivity contribution >= 4 is 11.5 Å². The van der Waals surface area contributed by atoms with E-state index in [0.29, 0.717) is 6.61 Å². The highest BCUT2D eigenvalue weighted by atomic mass is 16.5. The Bertz CT molecular complexity index is 446. The zero-order chi connectivity index (χ0) is 11.5. The van der Waals surface area contributed by atoms with Gasteiger partial charge in [-0.05, 0) is 30.2 Å². The lowest BCUT2D eigenvalue weighted by Crippen LogP contribution is -2.10. The molecule has 0 aliphatic carbocycles. The second kappa shape index (κ2) is 4.39. The number of ether oxygens (including phenoxy) is 2. The molecule has 0 saturated heterocycles. The first kappa shape index (κ1) is 10.7. The molecule has 0 fully saturated rings. The van der Waals surface area contributed by atoms with Crippen LogP contribution >= 0.6 is 0 Å². The number of fused-ring (bicyclic) bond motifs is 1. The Hall–Kier alpha value is -1.77. The predicted molar refractivity (Wildman–Crippen MR) is 61.3 cm³/mol. The Balaban J connectivity index is 2.40. The minimum atomic E-state index is -0.230. The Morgan fingerprint density at radius 3 is 3.06 bits per heavy atom. The number of esters is 1. The number of carbonyl (C=O) groups is 1. The van der Waals surface area contributed by atoms with Crippen molar-refractivity contribution in [3.63, 3.8) is 0 Å². The van der Waals surface area contributed by atoms with Gasteiger partial charge in [0.2, 0.25) is 0 Å². The third-order valence-electron chi connectivity index (χ3n) is 2.70. The SMILES string of the molecule is COC(=O)Cc1cccc2c1C(C)=CCO2. The van der Waals surface area contributed by atoms with Crippen LogP contribution < -0.4 is 4.74 Å². The zero-order valence-corrected chi connectivity index (χ0v) is 9.45. The molecule has 1 heterocycles. The molecule has 1 aromatic carbocycles. The lowest BCUT2D eigenvalue weighted by Gasteiger charge is -2.19. The lowest BCUT2D eigenvalue weighted by molar-refractivity contribution is -0.139. The van der Waals surface area contributed by atoms with Crippen LogP contribution in [0.4, 0.5) is 0 Å². The van der Waals surface area contributed by atoms with Crippen molar-refractivity contribution < 1.29 is 14.3 Å². The third-order valence-corrected chi connectivity index (χ3v) is 2.70. The van der Waals surface area contributed by atoms with Gasteiger partial charge in [-0.1, -0.05) is 12.1 Å². The summed E-state index contributed by atoms with van der Waals surface area (Å²) in [5.74, 6) is 0.619. The number of carbonyl (C=O) groups excluding carboxylic acids is 1. The van der Waals surface area contributed by atoms with E-state index in [9.17, 15) is 4.79 Å². The van der Waals surface area contributed by atoms with E-state index in [1.165, 1.54) is 7.11 Å². The standard InChI is InChI=1S/C13H14O3/c1-9-6-7-16-11-5-3-4-10(13(9)11)8-12(14)15-2/h3-6H,7-8H2,1-2H3. The number of allylic oxidation sites excluding steroid dienone is 1. The van der Waals surface area contributed by atoms with E-state index >= 15 is 0 Å². The Morgan fingerprint density at radius 1 is 1.50 bits per heavy atom. The third kappa shape index (κ3) is 1.94. The molecule has 0 saturated carbocycles. The van der Waals surface area contributed by atoms with E-state index in [-0.39, 0.29) is 12.4 Å². The molecule has 3 heteroatoms. The van der Waals surface area contributed by atoms with Crippen LogP contribution in [-0.4, -0.2) is 19.7 Å². The van der Waals surface area contributed by atoms with Crippen LogP contribution in [0, 0.1) is 0 Å². The fourth-order valence-corrected chi connectivity index (χ4v) is 1.88.